The van der Waals surface area contributed by atoms with Gasteiger partial charge in [-0.15, -0.1) is 0 Å². The zero-order chi connectivity index (χ0) is 17.9. The Morgan fingerprint density at radius 1 is 1.42 bits per heavy atom. The van der Waals surface area contributed by atoms with E-state index in [1.807, 2.05) is 0 Å². The number of nitrogens with zero attached hydrogens (tertiary/aromatic N) is 4. The number of hydrogen-bond acceptors (Lipinski definition) is 5. The Hall–Kier alpha value is -2.19. The molecule has 0 saturated heterocycles. The summed E-state index contributed by atoms with van der Waals surface area (Å²) in [5.41, 5.74) is 4.02. The minimum absolute atomic E-state index is 0.0476. The molecule has 4 heterocycles. The lowest BCUT2D eigenvalue weighted by Crippen LogP contribution is -2.41. The van der Waals surface area contributed by atoms with Crippen LogP contribution in [-0.2, 0) is 30.8 Å². The molecule has 0 aliphatic carbocycles. The Kier molecular flexibility index (Phi) is 5.03. The number of rotatable bonds is 6. The molecule has 0 fully saturated rings. The molecule has 2 aliphatic heterocycles. The smallest absolute Gasteiger partial charge is 0.243 e. The van der Waals surface area contributed by atoms with Crippen molar-refractivity contribution in [2.75, 3.05) is 19.6 Å². The number of carbonyl (C=O) groups excluding carboxylic acids is 1. The van der Waals surface area contributed by atoms with Gasteiger partial charge in [-0.3, -0.25) is 14.4 Å². The Bertz CT molecular complexity index is 765. The standard InChI is InChI=1S/C18H27N7O/c1-2-3-6-24-7-8-25-14(11-24)9-13(23-25)10-20-18(26)17-16-15(4-5-19-17)21-12-22-16/h9,12,17,19H,2-8,10-11H2,1H3,(H,20,26)(H,21,22)/t17-/m1/s1. The Morgan fingerprint density at radius 2 is 2.35 bits per heavy atom. The van der Waals surface area contributed by atoms with Crippen molar-refractivity contribution in [2.24, 2.45) is 0 Å². The first-order valence-electron chi connectivity index (χ1n) is 9.55. The number of aromatic amines is 1. The number of aromatic nitrogens is 4. The molecule has 0 unspecified atom stereocenters. The monoisotopic (exact) mass is 357 g/mol. The van der Waals surface area contributed by atoms with Crippen LogP contribution in [0.15, 0.2) is 12.4 Å². The zero-order valence-electron chi connectivity index (χ0n) is 15.3. The predicted octanol–water partition coefficient (Wildman–Crippen LogP) is 0.725. The van der Waals surface area contributed by atoms with Gasteiger partial charge in [0.25, 0.3) is 0 Å². The van der Waals surface area contributed by atoms with E-state index < -0.39 is 0 Å². The molecule has 1 atom stereocenters. The van der Waals surface area contributed by atoms with Crippen LogP contribution in [0.4, 0.5) is 0 Å². The zero-order valence-corrected chi connectivity index (χ0v) is 15.3. The first-order valence-corrected chi connectivity index (χ1v) is 9.55. The van der Waals surface area contributed by atoms with Gasteiger partial charge in [0.15, 0.2) is 0 Å². The van der Waals surface area contributed by atoms with Crippen LogP contribution >= 0.6 is 0 Å². The van der Waals surface area contributed by atoms with Crippen LogP contribution in [0.5, 0.6) is 0 Å². The molecule has 26 heavy (non-hydrogen) atoms. The number of carbonyl (C=O) groups is 1. The van der Waals surface area contributed by atoms with Crippen molar-refractivity contribution in [3.8, 4) is 0 Å². The molecule has 140 valence electrons. The normalized spacial score (nSPS) is 19.8. The van der Waals surface area contributed by atoms with Gasteiger partial charge in [0.1, 0.15) is 6.04 Å². The third-order valence-electron chi connectivity index (χ3n) is 5.21. The van der Waals surface area contributed by atoms with Crippen molar-refractivity contribution in [2.45, 2.75) is 51.9 Å². The lowest BCUT2D eigenvalue weighted by molar-refractivity contribution is -0.123. The van der Waals surface area contributed by atoms with Gasteiger partial charge < -0.3 is 15.6 Å². The second-order valence-corrected chi connectivity index (χ2v) is 7.10. The molecule has 1 amide bonds. The molecule has 8 heteroatoms. The molecule has 8 nitrogen and oxygen atoms in total. The van der Waals surface area contributed by atoms with Gasteiger partial charge in [-0.2, -0.15) is 5.10 Å². The van der Waals surface area contributed by atoms with Crippen LogP contribution in [0, 0.1) is 0 Å². The molecular formula is C18H27N7O. The van der Waals surface area contributed by atoms with E-state index in [4.69, 9.17) is 0 Å². The van der Waals surface area contributed by atoms with E-state index in [1.165, 1.54) is 18.5 Å². The van der Waals surface area contributed by atoms with Crippen LogP contribution in [0.25, 0.3) is 0 Å². The van der Waals surface area contributed by atoms with E-state index in [-0.39, 0.29) is 11.9 Å². The van der Waals surface area contributed by atoms with Gasteiger partial charge in [-0.1, -0.05) is 13.3 Å². The van der Waals surface area contributed by atoms with Crippen molar-refractivity contribution < 1.29 is 4.79 Å². The maximum atomic E-state index is 12.6. The Morgan fingerprint density at radius 3 is 3.23 bits per heavy atom. The van der Waals surface area contributed by atoms with Crippen LogP contribution in [-0.4, -0.2) is 50.2 Å². The highest BCUT2D eigenvalue weighted by atomic mass is 16.2. The quantitative estimate of drug-likeness (QED) is 0.709. The van der Waals surface area contributed by atoms with E-state index in [0.717, 1.165) is 56.2 Å². The summed E-state index contributed by atoms with van der Waals surface area (Å²) in [4.78, 5) is 22.5. The second kappa shape index (κ2) is 7.59. The Labute approximate surface area is 153 Å². The van der Waals surface area contributed by atoms with Gasteiger partial charge in [0.05, 0.1) is 36.5 Å². The SMILES string of the molecule is CCCCN1CCn2nc(CNC(=O)[C@@H]3NCCc4[nH]cnc43)cc2C1. The van der Waals surface area contributed by atoms with Crippen LogP contribution in [0.3, 0.4) is 0 Å². The molecular weight excluding hydrogens is 330 g/mol. The largest absolute Gasteiger partial charge is 0.349 e. The number of nitrogens with one attached hydrogen (secondary N) is 3. The van der Waals surface area contributed by atoms with Crippen LogP contribution in [0.2, 0.25) is 0 Å². The minimum Gasteiger partial charge on any atom is -0.349 e. The highest BCUT2D eigenvalue weighted by Crippen LogP contribution is 2.19. The molecule has 3 N–H and O–H groups in total. The van der Waals surface area contributed by atoms with Crippen molar-refractivity contribution in [3.63, 3.8) is 0 Å². The van der Waals surface area contributed by atoms with Crippen molar-refractivity contribution >= 4 is 5.91 Å². The molecule has 2 aromatic rings. The maximum Gasteiger partial charge on any atom is 0.243 e. The van der Waals surface area contributed by atoms with Gasteiger partial charge in [0.2, 0.25) is 5.91 Å². The van der Waals surface area contributed by atoms with Gasteiger partial charge in [-0.05, 0) is 19.0 Å². The Balaban J connectivity index is 1.35. The van der Waals surface area contributed by atoms with Crippen LogP contribution < -0.4 is 10.6 Å². The first kappa shape index (κ1) is 17.2. The highest BCUT2D eigenvalue weighted by Gasteiger charge is 2.28. The fraction of sp³-hybridized carbons (Fsp3) is 0.611. The highest BCUT2D eigenvalue weighted by molar-refractivity contribution is 5.83. The maximum absolute atomic E-state index is 12.6. The number of H-pyrrole nitrogens is 1. The van der Waals surface area contributed by atoms with E-state index in [9.17, 15) is 4.79 Å². The lowest BCUT2D eigenvalue weighted by Gasteiger charge is -2.27. The van der Waals surface area contributed by atoms with E-state index in [2.05, 4.69) is 48.3 Å². The van der Waals surface area contributed by atoms with Gasteiger partial charge in [-0.25, -0.2) is 4.98 Å². The number of fused-ring (bicyclic) bond motifs is 2. The summed E-state index contributed by atoms with van der Waals surface area (Å²) in [7, 11) is 0. The number of amides is 1. The molecule has 0 bridgehead atoms. The number of unbranched alkanes of at least 4 members (excludes halogenated alkanes) is 1. The molecule has 0 saturated carbocycles. The predicted molar refractivity (Wildman–Crippen MR) is 97.3 cm³/mol. The molecule has 0 spiro atoms. The molecule has 0 aromatic carbocycles. The summed E-state index contributed by atoms with van der Waals surface area (Å²) in [6.07, 6.45) is 4.99. The van der Waals surface area contributed by atoms with Gasteiger partial charge in [0, 0.05) is 31.7 Å². The number of hydrogen-bond donors (Lipinski definition) is 3. The van der Waals surface area contributed by atoms with Crippen molar-refractivity contribution in [1.82, 2.24) is 35.3 Å². The number of imidazole rings is 1. The summed E-state index contributed by atoms with van der Waals surface area (Å²) in [5.74, 6) is -0.0476. The van der Waals surface area contributed by atoms with E-state index >= 15 is 0 Å². The van der Waals surface area contributed by atoms with Crippen molar-refractivity contribution in [3.05, 3.63) is 35.2 Å². The minimum atomic E-state index is -0.383. The third-order valence-corrected chi connectivity index (χ3v) is 5.21. The van der Waals surface area contributed by atoms with E-state index in [1.54, 1.807) is 6.33 Å². The molecule has 2 aliphatic rings. The fourth-order valence-electron chi connectivity index (χ4n) is 3.75. The van der Waals surface area contributed by atoms with Crippen molar-refractivity contribution in [1.29, 1.82) is 0 Å². The lowest BCUT2D eigenvalue weighted by atomic mass is 10.1. The summed E-state index contributed by atoms with van der Waals surface area (Å²) in [5, 5.41) is 10.9. The topological polar surface area (TPSA) is 90.9 Å². The van der Waals surface area contributed by atoms with Gasteiger partial charge >= 0.3 is 0 Å². The van der Waals surface area contributed by atoms with Crippen LogP contribution in [0.1, 0.15) is 48.6 Å². The molecule has 2 aromatic heterocycles. The first-order chi connectivity index (χ1) is 12.7. The average molecular weight is 357 g/mol. The second-order valence-electron chi connectivity index (χ2n) is 7.10. The summed E-state index contributed by atoms with van der Waals surface area (Å²) in [6.45, 7) is 7.52. The fourth-order valence-corrected chi connectivity index (χ4v) is 3.75. The summed E-state index contributed by atoms with van der Waals surface area (Å²) >= 11 is 0. The average Bonchev–Trinajstić information content (AvgIpc) is 3.29. The van der Waals surface area contributed by atoms with E-state index in [0.29, 0.717) is 6.54 Å². The molecule has 4 rings (SSSR count). The summed E-state index contributed by atoms with van der Waals surface area (Å²) in [6, 6.07) is 1.74. The third kappa shape index (κ3) is 3.52. The molecule has 0 radical (unpaired) electrons. The summed E-state index contributed by atoms with van der Waals surface area (Å²) < 4.78 is 2.08.